The largest absolute Gasteiger partial charge is 0.504 e. The number of methoxy groups -OCH3 is 2. The van der Waals surface area contributed by atoms with Gasteiger partial charge < -0.3 is 19.9 Å². The molecule has 0 aliphatic heterocycles. The average molecular weight is 267 g/mol. The van der Waals surface area contributed by atoms with Gasteiger partial charge in [0.2, 0.25) is 0 Å². The number of ether oxygens (including phenoxy) is 2. The maximum Gasteiger partial charge on any atom is 0.160 e. The van der Waals surface area contributed by atoms with Crippen molar-refractivity contribution in [1.82, 2.24) is 5.32 Å². The molecule has 0 atom stereocenters. The first-order valence-electron chi connectivity index (χ1n) is 6.54. The maximum atomic E-state index is 9.53. The number of rotatable bonds is 8. The second-order valence-electron chi connectivity index (χ2n) is 5.52. The fourth-order valence-electron chi connectivity index (χ4n) is 1.84. The Hall–Kier alpha value is -1.26. The highest BCUT2D eigenvalue weighted by atomic mass is 16.5. The smallest absolute Gasteiger partial charge is 0.160 e. The van der Waals surface area contributed by atoms with E-state index in [0.29, 0.717) is 5.75 Å². The van der Waals surface area contributed by atoms with Crippen LogP contribution in [0.15, 0.2) is 18.2 Å². The van der Waals surface area contributed by atoms with E-state index in [1.54, 1.807) is 20.3 Å². The van der Waals surface area contributed by atoms with E-state index in [2.05, 4.69) is 19.2 Å². The molecule has 0 heterocycles. The van der Waals surface area contributed by atoms with Crippen LogP contribution in [0.2, 0.25) is 0 Å². The molecule has 4 heteroatoms. The van der Waals surface area contributed by atoms with Crippen molar-refractivity contribution in [3.63, 3.8) is 0 Å². The molecule has 0 amide bonds. The van der Waals surface area contributed by atoms with Gasteiger partial charge in [-0.3, -0.25) is 0 Å². The summed E-state index contributed by atoms with van der Waals surface area (Å²) < 4.78 is 10.2. The Morgan fingerprint density at radius 2 is 2.00 bits per heavy atom. The molecule has 19 heavy (non-hydrogen) atoms. The number of phenolic OH excluding ortho intramolecular Hbond substituents is 1. The quantitative estimate of drug-likeness (QED) is 0.760. The molecule has 0 aliphatic carbocycles. The molecule has 0 unspecified atom stereocenters. The molecule has 0 bridgehead atoms. The number of nitrogens with one attached hydrogen (secondary N) is 1. The third-order valence-corrected chi connectivity index (χ3v) is 3.16. The van der Waals surface area contributed by atoms with Crippen LogP contribution in [0.25, 0.3) is 0 Å². The van der Waals surface area contributed by atoms with Crippen LogP contribution in [0, 0.1) is 5.41 Å². The molecule has 108 valence electrons. The second kappa shape index (κ2) is 7.36. The van der Waals surface area contributed by atoms with Crippen LogP contribution >= 0.6 is 0 Å². The zero-order chi connectivity index (χ0) is 14.3. The van der Waals surface area contributed by atoms with E-state index in [4.69, 9.17) is 9.47 Å². The van der Waals surface area contributed by atoms with Gasteiger partial charge in [0, 0.05) is 26.8 Å². The summed E-state index contributed by atoms with van der Waals surface area (Å²) in [5.74, 6) is 0.685. The Morgan fingerprint density at radius 1 is 1.26 bits per heavy atom. The van der Waals surface area contributed by atoms with E-state index in [9.17, 15) is 5.11 Å². The number of aromatic hydroxyl groups is 1. The van der Waals surface area contributed by atoms with Crippen LogP contribution in [0.4, 0.5) is 0 Å². The normalized spacial score (nSPS) is 11.6. The van der Waals surface area contributed by atoms with Gasteiger partial charge >= 0.3 is 0 Å². The molecule has 0 saturated heterocycles. The van der Waals surface area contributed by atoms with Crippen LogP contribution < -0.4 is 10.1 Å². The minimum absolute atomic E-state index is 0.173. The molecule has 0 spiro atoms. The maximum absolute atomic E-state index is 9.53. The third-order valence-electron chi connectivity index (χ3n) is 3.16. The fraction of sp³-hybridized carbons (Fsp3) is 0.600. The molecular weight excluding hydrogens is 242 g/mol. The van der Waals surface area contributed by atoms with Crippen molar-refractivity contribution in [1.29, 1.82) is 0 Å². The highest BCUT2D eigenvalue weighted by Crippen LogP contribution is 2.26. The standard InChI is InChI=1S/C15H25NO3/c1-15(2,7-8-18-3)11-16-10-12-5-6-13(17)14(9-12)19-4/h5-6,9,16-17H,7-8,10-11H2,1-4H3. The minimum Gasteiger partial charge on any atom is -0.504 e. The number of benzene rings is 1. The van der Waals surface area contributed by atoms with E-state index in [1.807, 2.05) is 12.1 Å². The summed E-state index contributed by atoms with van der Waals surface area (Å²) in [6.07, 6.45) is 1.02. The van der Waals surface area contributed by atoms with Gasteiger partial charge in [-0.2, -0.15) is 0 Å². The van der Waals surface area contributed by atoms with Crippen LogP contribution in [-0.2, 0) is 11.3 Å². The van der Waals surface area contributed by atoms with Gasteiger partial charge in [-0.25, -0.2) is 0 Å². The molecule has 1 aromatic carbocycles. The minimum atomic E-state index is 0.173. The lowest BCUT2D eigenvalue weighted by Gasteiger charge is -2.24. The first-order chi connectivity index (χ1) is 8.98. The first-order valence-corrected chi connectivity index (χ1v) is 6.54. The Bertz CT molecular complexity index is 391. The Labute approximate surface area is 115 Å². The molecule has 1 rings (SSSR count). The third kappa shape index (κ3) is 5.49. The topological polar surface area (TPSA) is 50.7 Å². The van der Waals surface area contributed by atoms with E-state index >= 15 is 0 Å². The number of phenols is 1. The lowest BCUT2D eigenvalue weighted by Crippen LogP contribution is -2.30. The molecule has 0 radical (unpaired) electrons. The molecule has 0 aromatic heterocycles. The molecule has 0 aliphatic rings. The average Bonchev–Trinajstić information content (AvgIpc) is 2.38. The summed E-state index contributed by atoms with van der Waals surface area (Å²) in [7, 11) is 3.28. The van der Waals surface area contributed by atoms with Crippen LogP contribution in [0.5, 0.6) is 11.5 Å². The fourth-order valence-corrected chi connectivity index (χ4v) is 1.84. The Balaban J connectivity index is 2.44. The van der Waals surface area contributed by atoms with Crippen LogP contribution in [-0.4, -0.2) is 32.5 Å². The van der Waals surface area contributed by atoms with Crippen molar-refractivity contribution in [3.05, 3.63) is 23.8 Å². The van der Waals surface area contributed by atoms with Gasteiger partial charge in [0.25, 0.3) is 0 Å². The predicted octanol–water partition coefficient (Wildman–Crippen LogP) is 2.55. The summed E-state index contributed by atoms with van der Waals surface area (Å²) in [4.78, 5) is 0. The number of hydrogen-bond acceptors (Lipinski definition) is 4. The molecule has 2 N–H and O–H groups in total. The first kappa shape index (κ1) is 15.8. The molecule has 1 aromatic rings. The summed E-state index contributed by atoms with van der Waals surface area (Å²) in [5.41, 5.74) is 1.30. The zero-order valence-electron chi connectivity index (χ0n) is 12.3. The summed E-state index contributed by atoms with van der Waals surface area (Å²) in [6.45, 7) is 6.89. The summed E-state index contributed by atoms with van der Waals surface area (Å²) >= 11 is 0. The monoisotopic (exact) mass is 267 g/mol. The van der Waals surface area contributed by atoms with Crippen LogP contribution in [0.3, 0.4) is 0 Å². The van der Waals surface area contributed by atoms with Gasteiger partial charge in [-0.05, 0) is 29.5 Å². The van der Waals surface area contributed by atoms with E-state index in [0.717, 1.165) is 31.7 Å². The Morgan fingerprint density at radius 3 is 2.63 bits per heavy atom. The van der Waals surface area contributed by atoms with E-state index in [-0.39, 0.29) is 11.2 Å². The number of hydrogen-bond donors (Lipinski definition) is 2. The highest BCUT2D eigenvalue weighted by molar-refractivity contribution is 5.41. The van der Waals surface area contributed by atoms with Gasteiger partial charge in [-0.15, -0.1) is 0 Å². The van der Waals surface area contributed by atoms with E-state index in [1.165, 1.54) is 0 Å². The van der Waals surface area contributed by atoms with Gasteiger partial charge in [0.15, 0.2) is 11.5 Å². The van der Waals surface area contributed by atoms with Crippen LogP contribution in [0.1, 0.15) is 25.8 Å². The zero-order valence-corrected chi connectivity index (χ0v) is 12.3. The summed E-state index contributed by atoms with van der Waals surface area (Å²) in [6, 6.07) is 5.41. The second-order valence-corrected chi connectivity index (χ2v) is 5.52. The lowest BCUT2D eigenvalue weighted by atomic mass is 9.89. The van der Waals surface area contributed by atoms with E-state index < -0.39 is 0 Å². The highest BCUT2D eigenvalue weighted by Gasteiger charge is 2.16. The molecule has 0 fully saturated rings. The predicted molar refractivity (Wildman–Crippen MR) is 76.6 cm³/mol. The van der Waals surface area contributed by atoms with Crippen molar-refractivity contribution in [2.45, 2.75) is 26.8 Å². The molecule has 4 nitrogen and oxygen atoms in total. The van der Waals surface area contributed by atoms with Gasteiger partial charge in [-0.1, -0.05) is 19.9 Å². The van der Waals surface area contributed by atoms with Gasteiger partial charge in [0.05, 0.1) is 7.11 Å². The van der Waals surface area contributed by atoms with Crippen molar-refractivity contribution in [3.8, 4) is 11.5 Å². The van der Waals surface area contributed by atoms with Crippen molar-refractivity contribution < 1.29 is 14.6 Å². The summed E-state index contributed by atoms with van der Waals surface area (Å²) in [5, 5.41) is 13.0. The van der Waals surface area contributed by atoms with Gasteiger partial charge in [0.1, 0.15) is 0 Å². The molecule has 0 saturated carbocycles. The SMILES string of the molecule is COCCC(C)(C)CNCc1ccc(O)c(OC)c1. The van der Waals surface area contributed by atoms with Crippen molar-refractivity contribution >= 4 is 0 Å². The molecular formula is C15H25NO3. The van der Waals surface area contributed by atoms with Crippen molar-refractivity contribution in [2.24, 2.45) is 5.41 Å². The van der Waals surface area contributed by atoms with Crippen molar-refractivity contribution in [2.75, 3.05) is 27.4 Å². The lowest BCUT2D eigenvalue weighted by molar-refractivity contribution is 0.150. The Kier molecular flexibility index (Phi) is 6.12.